The highest BCUT2D eigenvalue weighted by Gasteiger charge is 2.32. The summed E-state index contributed by atoms with van der Waals surface area (Å²) in [5, 5.41) is 17.1. The van der Waals surface area contributed by atoms with Crippen LogP contribution in [0.5, 0.6) is 0 Å². The van der Waals surface area contributed by atoms with Crippen molar-refractivity contribution in [2.45, 2.75) is 12.4 Å². The molecule has 24 heavy (non-hydrogen) atoms. The molecule has 0 fully saturated rings. The van der Waals surface area contributed by atoms with Crippen LogP contribution < -0.4 is 5.46 Å². The lowest BCUT2D eigenvalue weighted by Gasteiger charge is -2.06. The topological polar surface area (TPSA) is 66.2 Å². The van der Waals surface area contributed by atoms with Gasteiger partial charge in [0, 0.05) is 34.7 Å². The molecule has 0 aromatic carbocycles. The van der Waals surface area contributed by atoms with Crippen molar-refractivity contribution in [1.29, 1.82) is 0 Å². The van der Waals surface area contributed by atoms with Crippen LogP contribution in [0.1, 0.15) is 11.1 Å². The van der Waals surface area contributed by atoms with Crippen LogP contribution in [0, 0.1) is 0 Å². The summed E-state index contributed by atoms with van der Waals surface area (Å²) in [6.07, 6.45) is -5.17. The summed E-state index contributed by atoms with van der Waals surface area (Å²) in [5.74, 6) is 0. The number of alkyl halides is 6. The van der Waals surface area contributed by atoms with Gasteiger partial charge < -0.3 is 10.0 Å². The largest absolute Gasteiger partial charge is 0.490 e. The Morgan fingerprint density at radius 3 is 1.62 bits per heavy atom. The van der Waals surface area contributed by atoms with Crippen LogP contribution in [0.25, 0.3) is 0 Å². The van der Waals surface area contributed by atoms with Crippen LogP contribution in [0.3, 0.4) is 0 Å². The molecular weight excluding hydrogens is 409 g/mol. The average Bonchev–Trinajstić information content (AvgIpc) is 2.46. The first kappa shape index (κ1) is 20.4. The van der Waals surface area contributed by atoms with Crippen molar-refractivity contribution < 1.29 is 36.4 Å². The maximum absolute atomic E-state index is 12.0. The molecule has 4 nitrogen and oxygen atoms in total. The molecule has 0 aliphatic heterocycles. The molecule has 2 rings (SSSR count). The van der Waals surface area contributed by atoms with Crippen LogP contribution in [0.2, 0.25) is 0 Å². The summed E-state index contributed by atoms with van der Waals surface area (Å²) in [7, 11) is -1.94. The highest BCUT2D eigenvalue weighted by Crippen LogP contribution is 2.29. The van der Waals surface area contributed by atoms with Gasteiger partial charge in [0.25, 0.3) is 0 Å². The van der Waals surface area contributed by atoms with Crippen molar-refractivity contribution in [3.05, 3.63) is 52.5 Å². The summed E-state index contributed by atoms with van der Waals surface area (Å²) < 4.78 is 72.1. The zero-order valence-corrected chi connectivity index (χ0v) is 13.1. The van der Waals surface area contributed by atoms with Gasteiger partial charge in [0.2, 0.25) is 0 Å². The third-order valence-corrected chi connectivity index (χ3v) is 2.85. The lowest BCUT2D eigenvalue weighted by Crippen LogP contribution is -2.31. The minimum Gasteiger partial charge on any atom is -0.423 e. The lowest BCUT2D eigenvalue weighted by molar-refractivity contribution is -0.138. The monoisotopic (exact) mass is 416 g/mol. The van der Waals surface area contributed by atoms with Crippen molar-refractivity contribution in [1.82, 2.24) is 9.97 Å². The normalized spacial score (nSPS) is 11.5. The molecule has 2 N–H and O–H groups in total. The molecule has 0 bridgehead atoms. The van der Waals surface area contributed by atoms with Crippen molar-refractivity contribution in [2.24, 2.45) is 0 Å². The third-order valence-electron chi connectivity index (χ3n) is 2.42. The summed E-state index contributed by atoms with van der Waals surface area (Å²) in [4.78, 5) is 6.62. The van der Waals surface area contributed by atoms with Crippen molar-refractivity contribution >= 4 is 28.5 Å². The number of rotatable bonds is 1. The Morgan fingerprint density at radius 1 is 0.792 bits per heavy atom. The Morgan fingerprint density at radius 2 is 1.25 bits per heavy atom. The van der Waals surface area contributed by atoms with Crippen LogP contribution in [0.15, 0.2) is 41.4 Å². The predicted molar refractivity (Wildman–Crippen MR) is 76.0 cm³/mol. The molecule has 0 spiro atoms. The van der Waals surface area contributed by atoms with Gasteiger partial charge in [-0.3, -0.25) is 9.97 Å². The number of pyridine rings is 2. The summed E-state index contributed by atoms with van der Waals surface area (Å²) in [6.45, 7) is 0. The average molecular weight is 417 g/mol. The predicted octanol–water partition coefficient (Wildman–Crippen LogP) is 2.64. The Bertz CT molecular complexity index is 681. The van der Waals surface area contributed by atoms with Gasteiger partial charge in [0.05, 0.1) is 11.1 Å². The van der Waals surface area contributed by atoms with Gasteiger partial charge >= 0.3 is 19.5 Å². The highest BCUT2D eigenvalue weighted by atomic mass is 79.9. The minimum atomic E-state index is -4.52. The van der Waals surface area contributed by atoms with E-state index in [1.54, 1.807) is 0 Å². The molecule has 2 aromatic heterocycles. The van der Waals surface area contributed by atoms with Gasteiger partial charge in [-0.2, -0.15) is 26.3 Å². The molecule has 0 aliphatic carbocycles. The number of aromatic nitrogens is 2. The van der Waals surface area contributed by atoms with Crippen LogP contribution >= 0.6 is 15.9 Å². The number of nitrogens with zero attached hydrogens (tertiary/aromatic N) is 2. The molecular formula is C12H8BBrF6N2O2. The molecule has 0 aliphatic rings. The van der Waals surface area contributed by atoms with E-state index in [4.69, 9.17) is 10.0 Å². The summed E-state index contributed by atoms with van der Waals surface area (Å²) in [5.41, 5.74) is -2.03. The van der Waals surface area contributed by atoms with Crippen LogP contribution in [0.4, 0.5) is 26.3 Å². The molecule has 0 radical (unpaired) electrons. The molecule has 0 atom stereocenters. The third kappa shape index (κ3) is 6.45. The zero-order valence-electron chi connectivity index (χ0n) is 11.5. The van der Waals surface area contributed by atoms with E-state index < -0.39 is 30.6 Å². The van der Waals surface area contributed by atoms with E-state index in [1.807, 2.05) is 0 Å². The van der Waals surface area contributed by atoms with Crippen molar-refractivity contribution in [3.8, 4) is 0 Å². The standard InChI is InChI=1S/C6H5BF3NO2.C6H3BrF3N/c8-6(9,10)4-1-5(7(12)13)3-11-2-4;7-5-1-4(2-11-3-5)6(8,9)10/h1-3,12-13H;1-3H. The first-order chi connectivity index (χ1) is 10.9. The molecule has 2 aromatic rings. The zero-order chi connectivity index (χ0) is 18.5. The second kappa shape index (κ2) is 7.95. The molecule has 0 saturated carbocycles. The Kier molecular flexibility index (Phi) is 6.75. The van der Waals surface area contributed by atoms with E-state index in [2.05, 4.69) is 25.9 Å². The summed E-state index contributed by atoms with van der Waals surface area (Å²) in [6, 6.07) is 1.62. The number of halogens is 7. The molecule has 12 heteroatoms. The van der Waals surface area contributed by atoms with E-state index in [-0.39, 0.29) is 5.46 Å². The first-order valence-electron chi connectivity index (χ1n) is 5.97. The summed E-state index contributed by atoms with van der Waals surface area (Å²) >= 11 is 2.89. The quantitative estimate of drug-likeness (QED) is 0.554. The Hall–Kier alpha value is -1.66. The molecule has 2 heterocycles. The number of hydrogen-bond donors (Lipinski definition) is 2. The Labute approximate surface area is 140 Å². The van der Waals surface area contributed by atoms with Gasteiger partial charge in [-0.15, -0.1) is 0 Å². The van der Waals surface area contributed by atoms with Gasteiger partial charge in [-0.25, -0.2) is 0 Å². The Balaban J connectivity index is 0.000000243. The molecule has 0 unspecified atom stereocenters. The first-order valence-corrected chi connectivity index (χ1v) is 6.76. The smallest absolute Gasteiger partial charge is 0.423 e. The fourth-order valence-electron chi connectivity index (χ4n) is 1.32. The van der Waals surface area contributed by atoms with E-state index in [1.165, 1.54) is 6.20 Å². The SMILES string of the molecule is FC(F)(F)c1cncc(Br)c1.OB(O)c1cncc(C(F)(F)F)c1. The maximum atomic E-state index is 12.0. The van der Waals surface area contributed by atoms with Crippen LogP contribution in [-0.2, 0) is 12.4 Å². The van der Waals surface area contributed by atoms with E-state index >= 15 is 0 Å². The fourth-order valence-corrected chi connectivity index (χ4v) is 1.69. The van der Waals surface area contributed by atoms with Crippen LogP contribution in [-0.4, -0.2) is 27.1 Å². The molecule has 0 amide bonds. The second-order valence-electron chi connectivity index (χ2n) is 4.27. The minimum absolute atomic E-state index is 0.283. The van der Waals surface area contributed by atoms with E-state index in [0.29, 0.717) is 16.7 Å². The maximum Gasteiger partial charge on any atom is 0.490 e. The fraction of sp³-hybridized carbons (Fsp3) is 0.167. The van der Waals surface area contributed by atoms with Gasteiger partial charge in [0.1, 0.15) is 0 Å². The van der Waals surface area contributed by atoms with E-state index in [0.717, 1.165) is 18.5 Å². The van der Waals surface area contributed by atoms with Crippen molar-refractivity contribution in [3.63, 3.8) is 0 Å². The van der Waals surface area contributed by atoms with Gasteiger partial charge in [-0.05, 0) is 28.1 Å². The highest BCUT2D eigenvalue weighted by molar-refractivity contribution is 9.10. The lowest BCUT2D eigenvalue weighted by atomic mass is 9.81. The number of hydrogen-bond acceptors (Lipinski definition) is 4. The molecule has 0 saturated heterocycles. The van der Waals surface area contributed by atoms with Crippen molar-refractivity contribution in [2.75, 3.05) is 0 Å². The van der Waals surface area contributed by atoms with Gasteiger partial charge in [-0.1, -0.05) is 0 Å². The molecule has 130 valence electrons. The van der Waals surface area contributed by atoms with E-state index in [9.17, 15) is 26.3 Å². The van der Waals surface area contributed by atoms with Gasteiger partial charge in [0.15, 0.2) is 0 Å². The second-order valence-corrected chi connectivity index (χ2v) is 5.18.